The number of ketones is 6. The lowest BCUT2D eigenvalue weighted by Crippen LogP contribution is -2.36. The average Bonchev–Trinajstić information content (AvgIpc) is 1.61. The minimum absolute atomic E-state index is 0.0495. The van der Waals surface area contributed by atoms with Crippen LogP contribution in [0.1, 0.15) is 223 Å². The lowest BCUT2D eigenvalue weighted by molar-refractivity contribution is -0.137. The summed E-state index contributed by atoms with van der Waals surface area (Å²) < 4.78 is 9.70. The molecule has 2 aromatic carbocycles. The third-order valence-electron chi connectivity index (χ3n) is 18.5. The monoisotopic (exact) mass is 1420 g/mol. The predicted molar refractivity (Wildman–Crippen MR) is 382 cm³/mol. The van der Waals surface area contributed by atoms with Crippen LogP contribution in [0.5, 0.6) is 0 Å². The summed E-state index contributed by atoms with van der Waals surface area (Å²) in [7, 11) is 2.62. The first-order valence-corrected chi connectivity index (χ1v) is 38.6. The summed E-state index contributed by atoms with van der Waals surface area (Å²) in [6.45, 7) is 1.14. The van der Waals surface area contributed by atoms with Crippen LogP contribution in [0.3, 0.4) is 0 Å². The van der Waals surface area contributed by atoms with Gasteiger partial charge in [0.1, 0.15) is 34.7 Å². The normalized spacial score (nSPS) is 21.4. The van der Waals surface area contributed by atoms with Gasteiger partial charge in [-0.3, -0.25) is 33.6 Å². The number of fused-ring (bicyclic) bond motifs is 3. The molecular weight excluding hydrogens is 1310 g/mol. The Kier molecular flexibility index (Phi) is 36.2. The van der Waals surface area contributed by atoms with Crippen LogP contribution in [0, 0.1) is 0 Å². The van der Waals surface area contributed by atoms with Gasteiger partial charge < -0.3 is 57.9 Å². The number of amides is 6. The zero-order chi connectivity index (χ0) is 70.8. The summed E-state index contributed by atoms with van der Waals surface area (Å²) in [5, 5.41) is 27.5. The van der Waals surface area contributed by atoms with Gasteiger partial charge in [0.15, 0.2) is 0 Å². The SMILES string of the molecule is COC(=O)c1cc(CC(=O)CCCCCC(=O)CCCCC2SCC3NC(=O)NC32)cc(CC(=O)CCCCCC(=O)CCCCC2SCC3NC(=O)NC32)c1.COC(=O)c1cc(CC(=O)CCCCN)cc(CC(=O)CCCCN)c1.O=C(O)CCCCC1SCC2NC(=O)NC21. The van der Waals surface area contributed by atoms with E-state index in [0.29, 0.717) is 115 Å². The number of thioether (sulfide) groups is 3. The fraction of sp³-hybridized carbons (Fsp3) is 0.667. The van der Waals surface area contributed by atoms with Gasteiger partial charge in [-0.1, -0.05) is 44.2 Å². The van der Waals surface area contributed by atoms with Crippen LogP contribution in [0.4, 0.5) is 14.4 Å². The second-order valence-electron chi connectivity index (χ2n) is 26.6. The van der Waals surface area contributed by atoms with E-state index in [-0.39, 0.29) is 121 Å². The number of hydrogen-bond donors (Lipinski definition) is 9. The molecule has 6 aliphatic rings. The number of aliphatic carboxylic acids is 1. The van der Waals surface area contributed by atoms with E-state index in [4.69, 9.17) is 26.0 Å². The molecule has 0 aliphatic carbocycles. The van der Waals surface area contributed by atoms with Crippen molar-refractivity contribution in [2.75, 3.05) is 44.6 Å². The highest BCUT2D eigenvalue weighted by Crippen LogP contribution is 2.36. The largest absolute Gasteiger partial charge is 0.481 e. The van der Waals surface area contributed by atoms with E-state index < -0.39 is 17.9 Å². The maximum Gasteiger partial charge on any atom is 0.337 e. The van der Waals surface area contributed by atoms with E-state index >= 15 is 0 Å². The average molecular weight is 1420 g/mol. The van der Waals surface area contributed by atoms with Gasteiger partial charge in [0, 0.05) is 116 Å². The van der Waals surface area contributed by atoms with Gasteiger partial charge in [0.2, 0.25) is 0 Å². The number of nitrogens with one attached hydrogen (secondary N) is 6. The molecule has 26 heteroatoms. The molecule has 0 bridgehead atoms. The number of rotatable bonds is 45. The molecule has 98 heavy (non-hydrogen) atoms. The molecule has 0 spiro atoms. The predicted octanol–water partition coefficient (Wildman–Crippen LogP) is 8.94. The summed E-state index contributed by atoms with van der Waals surface area (Å²) in [6.07, 6.45) is 20.9. The molecule has 6 amide bonds. The first kappa shape index (κ1) is 80.6. The van der Waals surface area contributed by atoms with Crippen LogP contribution in [0.15, 0.2) is 36.4 Å². The van der Waals surface area contributed by atoms with Crippen molar-refractivity contribution in [1.29, 1.82) is 0 Å². The Labute approximate surface area is 590 Å². The number of carboxylic acid groups (broad SMARTS) is 1. The highest BCUT2D eigenvalue weighted by atomic mass is 32.2. The van der Waals surface area contributed by atoms with Crippen LogP contribution in [-0.4, -0.2) is 172 Å². The molecule has 8 rings (SSSR count). The summed E-state index contributed by atoms with van der Waals surface area (Å²) in [6, 6.07) is 11.4. The van der Waals surface area contributed by atoms with Crippen molar-refractivity contribution in [3.05, 3.63) is 69.8 Å². The highest BCUT2D eigenvalue weighted by molar-refractivity contribution is 8.00. The maximum absolute atomic E-state index is 12.9. The van der Waals surface area contributed by atoms with Gasteiger partial charge >= 0.3 is 36.0 Å². The summed E-state index contributed by atoms with van der Waals surface area (Å²) in [5.41, 5.74) is 14.4. The van der Waals surface area contributed by atoms with Crippen molar-refractivity contribution in [2.45, 2.75) is 257 Å². The van der Waals surface area contributed by atoms with Crippen LogP contribution in [0.25, 0.3) is 0 Å². The number of esters is 2. The molecule has 542 valence electrons. The fourth-order valence-corrected chi connectivity index (χ4v) is 18.0. The Hall–Kier alpha value is -6.35. The summed E-state index contributed by atoms with van der Waals surface area (Å²) in [4.78, 5) is 144. The van der Waals surface area contributed by atoms with E-state index in [1.807, 2.05) is 47.4 Å². The smallest absolute Gasteiger partial charge is 0.337 e. The van der Waals surface area contributed by atoms with Crippen molar-refractivity contribution in [3.8, 4) is 0 Å². The molecule has 2 aromatic rings. The van der Waals surface area contributed by atoms with Crippen molar-refractivity contribution in [3.63, 3.8) is 0 Å². The quantitative estimate of drug-likeness (QED) is 0.0170. The van der Waals surface area contributed by atoms with Crippen molar-refractivity contribution < 1.29 is 72.1 Å². The molecule has 0 saturated carbocycles. The van der Waals surface area contributed by atoms with Gasteiger partial charge in [0.25, 0.3) is 0 Å². The third kappa shape index (κ3) is 29.1. The summed E-state index contributed by atoms with van der Waals surface area (Å²) >= 11 is 5.66. The number of hydrogen-bond acceptors (Lipinski definition) is 19. The zero-order valence-electron chi connectivity index (χ0n) is 57.4. The molecule has 6 heterocycles. The second-order valence-corrected chi connectivity index (χ2v) is 30.4. The number of methoxy groups -OCH3 is 2. The molecule has 9 atom stereocenters. The number of benzene rings is 2. The first-order valence-electron chi connectivity index (χ1n) is 35.4. The van der Waals surface area contributed by atoms with Crippen LogP contribution in [0.2, 0.25) is 0 Å². The third-order valence-corrected chi connectivity index (χ3v) is 23.1. The van der Waals surface area contributed by atoms with E-state index in [2.05, 4.69) is 31.9 Å². The fourth-order valence-electron chi connectivity index (χ4n) is 13.4. The Morgan fingerprint density at radius 2 is 0.643 bits per heavy atom. The van der Waals surface area contributed by atoms with Crippen LogP contribution in [-0.2, 0) is 68.7 Å². The van der Waals surface area contributed by atoms with Gasteiger partial charge in [-0.15, -0.1) is 0 Å². The van der Waals surface area contributed by atoms with Gasteiger partial charge in [-0.05, 0) is 150 Å². The Balaban J connectivity index is 0.000000294. The lowest BCUT2D eigenvalue weighted by atomic mass is 9.96. The lowest BCUT2D eigenvalue weighted by Gasteiger charge is -2.16. The number of carbonyl (C=O) groups is 12. The number of nitrogens with two attached hydrogens (primary N) is 2. The van der Waals surface area contributed by atoms with Crippen molar-refractivity contribution in [2.24, 2.45) is 11.5 Å². The highest BCUT2D eigenvalue weighted by Gasteiger charge is 2.44. The van der Waals surface area contributed by atoms with Gasteiger partial charge in [-0.2, -0.15) is 35.3 Å². The van der Waals surface area contributed by atoms with Crippen LogP contribution < -0.4 is 43.4 Å². The molecule has 0 radical (unpaired) electrons. The van der Waals surface area contributed by atoms with E-state index in [0.717, 1.165) is 138 Å². The number of unbranched alkanes of at least 4 members (excludes halogenated alkanes) is 9. The topological polar surface area (TPSA) is 368 Å². The molecule has 0 aromatic heterocycles. The van der Waals surface area contributed by atoms with Crippen LogP contribution >= 0.6 is 35.3 Å². The Morgan fingerprint density at radius 1 is 0.378 bits per heavy atom. The van der Waals surface area contributed by atoms with Gasteiger partial charge in [-0.25, -0.2) is 24.0 Å². The molecule has 6 aliphatic heterocycles. The number of ether oxygens (including phenoxy) is 2. The number of Topliss-reactive ketones (excluding diaryl/α,β-unsaturated/α-hetero) is 6. The first-order chi connectivity index (χ1) is 47.2. The molecule has 6 fully saturated rings. The summed E-state index contributed by atoms with van der Waals surface area (Å²) in [5.74, 6) is 1.95. The maximum atomic E-state index is 12.9. The number of urea groups is 3. The molecular formula is C72H106N8O15S3. The molecule has 11 N–H and O–H groups in total. The van der Waals surface area contributed by atoms with Crippen molar-refractivity contribution in [1.82, 2.24) is 31.9 Å². The standard InChI is InChI=1S/C42H60N4O8S2.C20H30N2O4.C10H16N2O3S/c1-54-40(51)29-21-27(23-32(49)16-6-2-4-12-30(47)14-8-10-18-36-38-34(25-55-36)43-41(52)45-38)20-28(22-29)24-33(50)17-7-3-5-13-31(48)15-9-11-19-37-39-35(26-56-37)44-42(53)46-39;1-26-20(25)17-11-15(13-18(23)6-2-4-8-21)10-16(12-17)14-19(24)7-3-5-9-22;13-8(14)4-2-1-3-7-9-6(5-16-7)11-10(15)12-9/h20-22,34-39H,2-19,23-26H2,1H3,(H2,43,45,52)(H2,44,46,53);10-12H,2-9,13-14,21-22H2,1H3;6-7,9H,1-5H2,(H,13,14)(H2,11,12,15). The van der Waals surface area contributed by atoms with E-state index in [1.54, 1.807) is 24.3 Å². The van der Waals surface area contributed by atoms with Crippen molar-refractivity contribution >= 4 is 106 Å². The molecule has 9 unspecified atom stereocenters. The molecule has 6 saturated heterocycles. The minimum Gasteiger partial charge on any atom is -0.481 e. The number of carbonyl (C=O) groups excluding carboxylic acids is 11. The zero-order valence-corrected chi connectivity index (χ0v) is 59.8. The Bertz CT molecular complexity index is 2880. The second kappa shape index (κ2) is 44.0. The van der Waals surface area contributed by atoms with Gasteiger partial charge in [0.05, 0.1) is 61.6 Å². The number of carboxylic acids is 1. The van der Waals surface area contributed by atoms with E-state index in [9.17, 15) is 57.5 Å². The molecule has 23 nitrogen and oxygen atoms in total. The Morgan fingerprint density at radius 3 is 0.918 bits per heavy atom. The van der Waals surface area contributed by atoms with E-state index in [1.165, 1.54) is 14.2 Å². The minimum atomic E-state index is -0.729.